The molecule has 0 bridgehead atoms. The van der Waals surface area contributed by atoms with Gasteiger partial charge in [0.25, 0.3) is 15.9 Å². The van der Waals surface area contributed by atoms with E-state index >= 15 is 0 Å². The molecule has 1 saturated carbocycles. The average molecular weight is 309 g/mol. The van der Waals surface area contributed by atoms with Crippen LogP contribution in [0.1, 0.15) is 46.9 Å². The van der Waals surface area contributed by atoms with Crippen LogP contribution in [0.2, 0.25) is 0 Å². The monoisotopic (exact) mass is 309 g/mol. The van der Waals surface area contributed by atoms with Crippen molar-refractivity contribution in [3.63, 3.8) is 0 Å². The summed E-state index contributed by atoms with van der Waals surface area (Å²) in [6.07, 6.45) is 2.53. The second-order valence-corrected chi connectivity index (χ2v) is 7.26. The molecule has 7 heteroatoms. The summed E-state index contributed by atoms with van der Waals surface area (Å²) < 4.78 is 26.0. The Bertz CT molecular complexity index is 740. The molecule has 3 rings (SSSR count). The Morgan fingerprint density at radius 3 is 2.76 bits per heavy atom. The molecule has 1 amide bonds. The summed E-state index contributed by atoms with van der Waals surface area (Å²) >= 11 is 0. The van der Waals surface area contributed by atoms with Gasteiger partial charge in [0.15, 0.2) is 0 Å². The zero-order valence-corrected chi connectivity index (χ0v) is 12.3. The molecule has 6 nitrogen and oxygen atoms in total. The summed E-state index contributed by atoms with van der Waals surface area (Å²) in [7, 11) is -3.92. The fraction of sp³-hybridized carbons (Fsp3) is 0.429. The summed E-state index contributed by atoms with van der Waals surface area (Å²) in [5.41, 5.74) is -0.0602. The van der Waals surface area contributed by atoms with E-state index in [0.717, 1.165) is 23.2 Å². The van der Waals surface area contributed by atoms with Gasteiger partial charge in [0, 0.05) is 0 Å². The number of nitrogens with zero attached hydrogens (tertiary/aromatic N) is 1. The van der Waals surface area contributed by atoms with Crippen LogP contribution in [0.5, 0.6) is 0 Å². The minimum atomic E-state index is -3.92. The van der Waals surface area contributed by atoms with E-state index in [1.54, 1.807) is 0 Å². The lowest BCUT2D eigenvalue weighted by Gasteiger charge is -2.14. The van der Waals surface area contributed by atoms with Crippen molar-refractivity contribution in [2.24, 2.45) is 5.92 Å². The Labute approximate surface area is 122 Å². The van der Waals surface area contributed by atoms with Gasteiger partial charge in [-0.3, -0.25) is 4.79 Å². The number of hydrogen-bond donors (Lipinski definition) is 1. The minimum absolute atomic E-state index is 0.0714. The Balaban J connectivity index is 2.02. The predicted octanol–water partition coefficient (Wildman–Crippen LogP) is 1.72. The van der Waals surface area contributed by atoms with E-state index in [2.05, 4.69) is 0 Å². The third-order valence-electron chi connectivity index (χ3n) is 4.04. The van der Waals surface area contributed by atoms with Crippen LogP contribution in [0, 0.1) is 5.92 Å². The summed E-state index contributed by atoms with van der Waals surface area (Å²) in [6.45, 7) is 2.02. The van der Waals surface area contributed by atoms with Crippen LogP contribution >= 0.6 is 0 Å². The van der Waals surface area contributed by atoms with E-state index in [-0.39, 0.29) is 28.0 Å². The van der Waals surface area contributed by atoms with E-state index in [1.807, 2.05) is 6.92 Å². The highest BCUT2D eigenvalue weighted by Crippen LogP contribution is 2.45. The molecule has 1 fully saturated rings. The highest BCUT2D eigenvalue weighted by Gasteiger charge is 2.53. The van der Waals surface area contributed by atoms with E-state index in [9.17, 15) is 18.0 Å². The van der Waals surface area contributed by atoms with Crippen LogP contribution in [-0.4, -0.2) is 35.7 Å². The molecule has 0 radical (unpaired) electrons. The Kier molecular flexibility index (Phi) is 3.05. The number of amides is 1. The molecule has 2 atom stereocenters. The highest BCUT2D eigenvalue weighted by atomic mass is 32.2. The van der Waals surface area contributed by atoms with Crippen molar-refractivity contribution in [2.45, 2.75) is 37.1 Å². The van der Waals surface area contributed by atoms with Gasteiger partial charge in [-0.15, -0.1) is 0 Å². The van der Waals surface area contributed by atoms with Crippen molar-refractivity contribution < 1.29 is 23.1 Å². The van der Waals surface area contributed by atoms with Gasteiger partial charge in [0.1, 0.15) is 4.90 Å². The van der Waals surface area contributed by atoms with Gasteiger partial charge in [-0.05, 0) is 37.0 Å². The first-order valence-corrected chi connectivity index (χ1v) is 8.28. The SMILES string of the molecule is CCCC1CC1N1C(=O)c2ccc(C(=O)O)cc2S1(=O)=O. The Morgan fingerprint density at radius 1 is 1.43 bits per heavy atom. The Hall–Kier alpha value is -1.89. The maximum absolute atomic E-state index is 12.5. The van der Waals surface area contributed by atoms with Crippen LogP contribution in [0.4, 0.5) is 0 Å². The third-order valence-corrected chi connectivity index (χ3v) is 5.89. The molecule has 0 spiro atoms. The number of carboxylic acid groups (broad SMARTS) is 1. The number of carbonyl (C=O) groups is 2. The number of fused-ring (bicyclic) bond motifs is 1. The first-order chi connectivity index (χ1) is 9.87. The third kappa shape index (κ3) is 2.03. The lowest BCUT2D eigenvalue weighted by atomic mass is 10.1. The summed E-state index contributed by atoms with van der Waals surface area (Å²) in [4.78, 5) is 23.1. The summed E-state index contributed by atoms with van der Waals surface area (Å²) in [5, 5.41) is 8.96. The lowest BCUT2D eigenvalue weighted by Crippen LogP contribution is -2.33. The summed E-state index contributed by atoms with van der Waals surface area (Å²) in [6, 6.07) is 3.34. The average Bonchev–Trinajstić information content (AvgIpc) is 3.12. The quantitative estimate of drug-likeness (QED) is 0.914. The Morgan fingerprint density at radius 2 is 2.14 bits per heavy atom. The molecule has 0 aromatic heterocycles. The second kappa shape index (κ2) is 4.56. The molecule has 1 aromatic carbocycles. The van der Waals surface area contributed by atoms with E-state index < -0.39 is 21.9 Å². The molecule has 1 heterocycles. The molecule has 1 aliphatic carbocycles. The number of benzene rings is 1. The van der Waals surface area contributed by atoms with Crippen molar-refractivity contribution >= 4 is 21.9 Å². The lowest BCUT2D eigenvalue weighted by molar-refractivity contribution is 0.0695. The van der Waals surface area contributed by atoms with Gasteiger partial charge >= 0.3 is 5.97 Å². The van der Waals surface area contributed by atoms with Gasteiger partial charge in [-0.25, -0.2) is 17.5 Å². The molecule has 21 heavy (non-hydrogen) atoms. The maximum atomic E-state index is 12.5. The molecule has 1 N–H and O–H groups in total. The van der Waals surface area contributed by atoms with Gasteiger partial charge in [0.2, 0.25) is 0 Å². The number of sulfonamides is 1. The van der Waals surface area contributed by atoms with Crippen LogP contribution in [0.25, 0.3) is 0 Å². The number of carboxylic acids is 1. The van der Waals surface area contributed by atoms with Crippen molar-refractivity contribution in [1.29, 1.82) is 0 Å². The largest absolute Gasteiger partial charge is 0.478 e. The first-order valence-electron chi connectivity index (χ1n) is 6.84. The fourth-order valence-electron chi connectivity index (χ4n) is 2.91. The van der Waals surface area contributed by atoms with Crippen molar-refractivity contribution in [3.8, 4) is 0 Å². The van der Waals surface area contributed by atoms with E-state index in [4.69, 9.17) is 5.11 Å². The molecule has 2 unspecified atom stereocenters. The number of rotatable bonds is 4. The second-order valence-electron chi connectivity index (χ2n) is 5.47. The fourth-order valence-corrected chi connectivity index (χ4v) is 4.76. The summed E-state index contributed by atoms with van der Waals surface area (Å²) in [5.74, 6) is -1.53. The smallest absolute Gasteiger partial charge is 0.335 e. The zero-order valence-electron chi connectivity index (χ0n) is 11.4. The first kappa shape index (κ1) is 14.1. The minimum Gasteiger partial charge on any atom is -0.478 e. The molecular formula is C14H15NO5S. The van der Waals surface area contributed by atoms with Gasteiger partial charge in [0.05, 0.1) is 17.2 Å². The molecule has 0 saturated heterocycles. The van der Waals surface area contributed by atoms with Crippen molar-refractivity contribution in [1.82, 2.24) is 4.31 Å². The normalized spacial score (nSPS) is 25.8. The molecule has 112 valence electrons. The molecular weight excluding hydrogens is 294 g/mol. The predicted molar refractivity (Wildman–Crippen MR) is 73.6 cm³/mol. The van der Waals surface area contributed by atoms with Gasteiger partial charge in [-0.1, -0.05) is 13.3 Å². The number of hydrogen-bond acceptors (Lipinski definition) is 4. The zero-order chi connectivity index (χ0) is 15.4. The highest BCUT2D eigenvalue weighted by molar-refractivity contribution is 7.90. The van der Waals surface area contributed by atoms with Crippen molar-refractivity contribution in [2.75, 3.05) is 0 Å². The van der Waals surface area contributed by atoms with Gasteiger partial charge in [-0.2, -0.15) is 0 Å². The van der Waals surface area contributed by atoms with Crippen LogP contribution < -0.4 is 0 Å². The van der Waals surface area contributed by atoms with Gasteiger partial charge < -0.3 is 5.11 Å². The molecule has 1 aliphatic heterocycles. The van der Waals surface area contributed by atoms with E-state index in [0.29, 0.717) is 6.42 Å². The van der Waals surface area contributed by atoms with E-state index in [1.165, 1.54) is 12.1 Å². The van der Waals surface area contributed by atoms with Crippen LogP contribution in [0.3, 0.4) is 0 Å². The topological polar surface area (TPSA) is 91.8 Å². The molecule has 1 aromatic rings. The molecule has 2 aliphatic rings. The van der Waals surface area contributed by atoms with Crippen molar-refractivity contribution in [3.05, 3.63) is 29.3 Å². The number of aromatic carboxylic acids is 1. The standard InChI is InChI=1S/C14H15NO5S/c1-2-3-8-6-11(8)15-13(16)10-5-4-9(14(17)18)7-12(10)21(15,19)20/h4-5,7-8,11H,2-3,6H2,1H3,(H,17,18). The van der Waals surface area contributed by atoms with Crippen LogP contribution in [-0.2, 0) is 10.0 Å². The number of carbonyl (C=O) groups excluding carboxylic acids is 1. The maximum Gasteiger partial charge on any atom is 0.335 e. The van der Waals surface area contributed by atoms with Crippen LogP contribution in [0.15, 0.2) is 23.1 Å².